The Hall–Kier alpha value is -1.67. The fourth-order valence-electron chi connectivity index (χ4n) is 2.05. The zero-order valence-corrected chi connectivity index (χ0v) is 11.8. The lowest BCUT2D eigenvalue weighted by molar-refractivity contribution is -0.140. The quantitative estimate of drug-likeness (QED) is 0.868. The zero-order chi connectivity index (χ0) is 16.3. The number of ether oxygens (including phenoxy) is 2. The van der Waals surface area contributed by atoms with Crippen molar-refractivity contribution in [3.05, 3.63) is 29.1 Å². The summed E-state index contributed by atoms with van der Waals surface area (Å²) < 4.78 is 61.7. The summed E-state index contributed by atoms with van der Waals surface area (Å²) in [4.78, 5) is 11.7. The van der Waals surface area contributed by atoms with Gasteiger partial charge in [-0.05, 0) is 31.0 Å². The minimum absolute atomic E-state index is 0.0926. The van der Waals surface area contributed by atoms with Crippen LogP contribution in [-0.2, 0) is 20.4 Å². The molecule has 1 aromatic carbocycles. The fraction of sp³-hybridized carbons (Fsp3) is 0.500. The lowest BCUT2D eigenvalue weighted by Gasteiger charge is -2.14. The Morgan fingerprint density at radius 2 is 2.18 bits per heavy atom. The van der Waals surface area contributed by atoms with Crippen molar-refractivity contribution in [2.24, 2.45) is 0 Å². The van der Waals surface area contributed by atoms with E-state index in [2.05, 4.69) is 5.32 Å². The van der Waals surface area contributed by atoms with Crippen molar-refractivity contribution in [2.75, 3.05) is 25.1 Å². The van der Waals surface area contributed by atoms with Crippen molar-refractivity contribution < 1.29 is 31.8 Å². The molecule has 1 saturated heterocycles. The molecule has 22 heavy (non-hydrogen) atoms. The third-order valence-corrected chi connectivity index (χ3v) is 3.23. The number of aryl methyl sites for hydroxylation is 1. The largest absolute Gasteiger partial charge is 0.419 e. The molecule has 0 bridgehead atoms. The van der Waals surface area contributed by atoms with Gasteiger partial charge in [0, 0.05) is 12.3 Å². The Morgan fingerprint density at radius 3 is 2.77 bits per heavy atom. The van der Waals surface area contributed by atoms with Crippen LogP contribution in [0.3, 0.4) is 0 Å². The molecule has 0 aromatic heterocycles. The highest BCUT2D eigenvalue weighted by atomic mass is 19.4. The molecule has 2 rings (SSSR count). The molecule has 1 atom stereocenters. The van der Waals surface area contributed by atoms with Crippen molar-refractivity contribution in [2.45, 2.75) is 25.6 Å². The normalized spacial score (nSPS) is 18.5. The zero-order valence-electron chi connectivity index (χ0n) is 11.8. The van der Waals surface area contributed by atoms with Crippen LogP contribution in [0.4, 0.5) is 23.2 Å². The van der Waals surface area contributed by atoms with E-state index in [0.717, 1.165) is 6.07 Å². The maximum Gasteiger partial charge on any atom is 0.419 e. The number of halogens is 4. The van der Waals surface area contributed by atoms with Gasteiger partial charge < -0.3 is 14.8 Å². The molecule has 1 N–H and O–H groups in total. The summed E-state index contributed by atoms with van der Waals surface area (Å²) in [5, 5.41) is 2.30. The first-order chi connectivity index (χ1) is 10.3. The summed E-state index contributed by atoms with van der Waals surface area (Å²) >= 11 is 0. The SMILES string of the molecule is Cc1cc(F)c(C(F)(F)F)cc1NC(=O)COC1CCOC1. The number of nitrogens with one attached hydrogen (secondary N) is 1. The van der Waals surface area contributed by atoms with Gasteiger partial charge in [0.25, 0.3) is 0 Å². The molecule has 122 valence electrons. The van der Waals surface area contributed by atoms with E-state index in [9.17, 15) is 22.4 Å². The van der Waals surface area contributed by atoms with Crippen LogP contribution in [0.1, 0.15) is 17.5 Å². The topological polar surface area (TPSA) is 47.6 Å². The average molecular weight is 321 g/mol. The molecule has 1 aromatic rings. The second kappa shape index (κ2) is 6.62. The van der Waals surface area contributed by atoms with Crippen LogP contribution in [-0.4, -0.2) is 31.8 Å². The monoisotopic (exact) mass is 321 g/mol. The summed E-state index contributed by atoms with van der Waals surface area (Å²) in [7, 11) is 0. The number of rotatable bonds is 4. The van der Waals surface area contributed by atoms with Gasteiger partial charge in [-0.2, -0.15) is 13.2 Å². The predicted molar refractivity (Wildman–Crippen MR) is 69.9 cm³/mol. The molecule has 1 unspecified atom stereocenters. The van der Waals surface area contributed by atoms with Crippen molar-refractivity contribution in [3.63, 3.8) is 0 Å². The average Bonchev–Trinajstić information content (AvgIpc) is 2.91. The van der Waals surface area contributed by atoms with Crippen molar-refractivity contribution in [1.82, 2.24) is 0 Å². The van der Waals surface area contributed by atoms with Crippen LogP contribution in [0.2, 0.25) is 0 Å². The van der Waals surface area contributed by atoms with Gasteiger partial charge in [0.2, 0.25) is 5.91 Å². The second-order valence-corrected chi connectivity index (χ2v) is 4.99. The van der Waals surface area contributed by atoms with E-state index in [1.807, 2.05) is 0 Å². The summed E-state index contributed by atoms with van der Waals surface area (Å²) in [6.45, 7) is 2.05. The smallest absolute Gasteiger partial charge is 0.379 e. The number of anilines is 1. The van der Waals surface area contributed by atoms with Crippen LogP contribution >= 0.6 is 0 Å². The minimum atomic E-state index is -4.82. The first-order valence-electron chi connectivity index (χ1n) is 6.64. The molecule has 0 saturated carbocycles. The highest BCUT2D eigenvalue weighted by Gasteiger charge is 2.34. The first-order valence-corrected chi connectivity index (χ1v) is 6.64. The van der Waals surface area contributed by atoms with Crippen molar-refractivity contribution >= 4 is 11.6 Å². The lowest BCUT2D eigenvalue weighted by atomic mass is 10.1. The minimum Gasteiger partial charge on any atom is -0.379 e. The molecule has 1 fully saturated rings. The molecule has 1 aliphatic heterocycles. The Morgan fingerprint density at radius 1 is 1.45 bits per heavy atom. The van der Waals surface area contributed by atoms with Gasteiger partial charge in [-0.1, -0.05) is 0 Å². The molecular weight excluding hydrogens is 306 g/mol. The van der Waals surface area contributed by atoms with E-state index in [4.69, 9.17) is 9.47 Å². The maximum atomic E-state index is 13.3. The summed E-state index contributed by atoms with van der Waals surface area (Å²) in [6.07, 6.45) is -4.35. The molecule has 4 nitrogen and oxygen atoms in total. The Kier molecular flexibility index (Phi) is 5.02. The van der Waals surface area contributed by atoms with Gasteiger partial charge in [-0.3, -0.25) is 4.79 Å². The van der Waals surface area contributed by atoms with E-state index in [0.29, 0.717) is 25.7 Å². The molecule has 0 radical (unpaired) electrons. The maximum absolute atomic E-state index is 13.3. The van der Waals surface area contributed by atoms with Crippen molar-refractivity contribution in [3.8, 4) is 0 Å². The van der Waals surface area contributed by atoms with E-state index in [-0.39, 0.29) is 24.0 Å². The molecule has 1 amide bonds. The molecule has 8 heteroatoms. The highest BCUT2D eigenvalue weighted by Crippen LogP contribution is 2.34. The Labute approximate surface area is 124 Å². The molecule has 0 spiro atoms. The number of carbonyl (C=O) groups excluding carboxylic acids is 1. The second-order valence-electron chi connectivity index (χ2n) is 4.99. The molecule has 0 aliphatic carbocycles. The van der Waals surface area contributed by atoms with Crippen LogP contribution in [0.25, 0.3) is 0 Å². The number of carbonyl (C=O) groups is 1. The number of benzene rings is 1. The first kappa shape index (κ1) is 16.7. The van der Waals surface area contributed by atoms with Crippen LogP contribution in [0, 0.1) is 12.7 Å². The third kappa shape index (κ3) is 4.17. The molecule has 1 aliphatic rings. The van der Waals surface area contributed by atoms with Crippen LogP contribution in [0.15, 0.2) is 12.1 Å². The van der Waals surface area contributed by atoms with Gasteiger partial charge in [-0.25, -0.2) is 4.39 Å². The van der Waals surface area contributed by atoms with E-state index < -0.39 is 23.5 Å². The standard InChI is InChI=1S/C14H15F4NO3/c1-8-4-11(15)10(14(16,17)18)5-12(8)19-13(20)7-22-9-2-3-21-6-9/h4-5,9H,2-3,6-7H2,1H3,(H,19,20). The Bertz CT molecular complexity index is 554. The van der Waals surface area contributed by atoms with Crippen molar-refractivity contribution in [1.29, 1.82) is 0 Å². The van der Waals surface area contributed by atoms with Gasteiger partial charge in [0.15, 0.2) is 0 Å². The lowest BCUT2D eigenvalue weighted by Crippen LogP contribution is -2.24. The van der Waals surface area contributed by atoms with Gasteiger partial charge in [0.1, 0.15) is 12.4 Å². The summed E-state index contributed by atoms with van der Waals surface area (Å²) in [5.41, 5.74) is -1.31. The number of hydrogen-bond acceptors (Lipinski definition) is 3. The van der Waals surface area contributed by atoms with E-state index >= 15 is 0 Å². The third-order valence-electron chi connectivity index (χ3n) is 3.23. The fourth-order valence-corrected chi connectivity index (χ4v) is 2.05. The number of hydrogen-bond donors (Lipinski definition) is 1. The predicted octanol–water partition coefficient (Wildman–Crippen LogP) is 2.90. The Balaban J connectivity index is 2.03. The van der Waals surface area contributed by atoms with E-state index in [1.54, 1.807) is 0 Å². The summed E-state index contributed by atoms with van der Waals surface area (Å²) in [5.74, 6) is -1.97. The number of amides is 1. The highest BCUT2D eigenvalue weighted by molar-refractivity contribution is 5.92. The molecule has 1 heterocycles. The van der Waals surface area contributed by atoms with Crippen LogP contribution < -0.4 is 5.32 Å². The number of alkyl halides is 3. The van der Waals surface area contributed by atoms with Gasteiger partial charge in [-0.15, -0.1) is 0 Å². The van der Waals surface area contributed by atoms with E-state index in [1.165, 1.54) is 6.92 Å². The molecular formula is C14H15F4NO3. The van der Waals surface area contributed by atoms with Crippen LogP contribution in [0.5, 0.6) is 0 Å². The van der Waals surface area contributed by atoms with Gasteiger partial charge >= 0.3 is 6.18 Å². The summed E-state index contributed by atoms with van der Waals surface area (Å²) in [6, 6.07) is 1.32. The van der Waals surface area contributed by atoms with Gasteiger partial charge in [0.05, 0.1) is 18.3 Å².